The molecule has 0 aromatic carbocycles. The molecule has 3 unspecified atom stereocenters. The van der Waals surface area contributed by atoms with Crippen LogP contribution >= 0.6 is 11.6 Å². The van der Waals surface area contributed by atoms with Crippen LogP contribution in [0.15, 0.2) is 12.2 Å². The predicted molar refractivity (Wildman–Crippen MR) is 383 cm³/mol. The van der Waals surface area contributed by atoms with Crippen LogP contribution in [0, 0.1) is 35.0 Å². The van der Waals surface area contributed by atoms with Crippen LogP contribution in [-0.2, 0) is 62.3 Å². The van der Waals surface area contributed by atoms with E-state index in [4.69, 9.17) is 16.3 Å². The third-order valence-electron chi connectivity index (χ3n) is 22.9. The summed E-state index contributed by atoms with van der Waals surface area (Å²) < 4.78 is 93.5. The van der Waals surface area contributed by atoms with Gasteiger partial charge in [-0.2, -0.15) is 26.3 Å². The molecule has 0 aromatic heterocycles. The number of ether oxygens (including phenoxy) is 1. The Kier molecular flexibility index (Phi) is 31.2. The first-order chi connectivity index (χ1) is 49.4. The fourth-order valence-electron chi connectivity index (χ4n) is 16.8. The summed E-state index contributed by atoms with van der Waals surface area (Å²) in [5.74, 6) is -13.0. The van der Waals surface area contributed by atoms with Gasteiger partial charge in [0.15, 0.2) is 0 Å². The lowest BCUT2D eigenvalue weighted by Gasteiger charge is -2.54. The summed E-state index contributed by atoms with van der Waals surface area (Å²) in [5, 5.41) is 7.08. The largest absolute Gasteiger partial charge is 0.393 e. The number of nitrogens with one attached hydrogen (secondary N) is 3. The molecule has 0 radical (unpaired) electrons. The molecule has 32 heteroatoms. The van der Waals surface area contributed by atoms with Crippen molar-refractivity contribution in [1.82, 2.24) is 60.0 Å². The molecule has 2 bridgehead atoms. The van der Waals surface area contributed by atoms with E-state index in [0.29, 0.717) is 35.0 Å². The molecule has 600 valence electrons. The quantitative estimate of drug-likeness (QED) is 0.0932. The maximum Gasteiger partial charge on any atom is 0.393 e. The molecule has 25 nitrogen and oxygen atoms in total. The zero-order valence-electron chi connectivity index (χ0n) is 64.7. The van der Waals surface area contributed by atoms with Crippen LogP contribution < -0.4 is 16.0 Å². The Balaban J connectivity index is 1.49. The lowest BCUT2D eigenvalue weighted by Crippen LogP contribution is -2.71. The summed E-state index contributed by atoms with van der Waals surface area (Å²) in [6.45, 7) is 11.1. The molecule has 12 atom stereocenters. The highest BCUT2D eigenvalue weighted by atomic mass is 35.5. The molecule has 3 aliphatic heterocycles. The van der Waals surface area contributed by atoms with Gasteiger partial charge in [0.25, 0.3) is 0 Å². The van der Waals surface area contributed by atoms with E-state index in [0.717, 1.165) is 64.3 Å². The van der Waals surface area contributed by atoms with Crippen molar-refractivity contribution in [1.29, 1.82) is 0 Å². The van der Waals surface area contributed by atoms with Crippen LogP contribution in [0.5, 0.6) is 0 Å². The summed E-state index contributed by atoms with van der Waals surface area (Å²) in [6, 6.07) is -12.4. The standard InChI is InChI=1S/C74H117ClF6N12O13/c1-16-23-52-62(97)83-61(47(17-2)18-3)69(104)87(11)41-60(96)89(13)53-24-21-20-22-33-92(68(53)103)56(35-46-27-25-44(5)26-28-46)66(101)86(10)40-58(94)82-51(32-30-45-29-31-49(50(75)34-45)74(79,80)81)64(99)93-39-48(106-19-4)36-54(93)63(98)84-72(42-71(6,7)43-72)70(105)91(15)57(38-73(76,77)78)67(102)90(14)55(65(100)85(8)9)37-59(95)88(52)12/h20-21,44-57,61H,16-19,22-43H2,1-15H3,(H,82,94)(H,83,97)(H,84,98)/b21-20-/t44?,45?,46?,48-,49?,50?,51+,52+,53+,54+,55+,56+,57+,61+/m1/s1. The first-order valence-corrected chi connectivity index (χ1v) is 38.2. The van der Waals surface area contributed by atoms with Gasteiger partial charge in [-0.25, -0.2) is 0 Å². The molecule has 6 rings (SSSR count). The molecule has 3 aliphatic carbocycles. The number of fused-ring (bicyclic) bond motifs is 3. The molecule has 0 aromatic rings. The topological polar surface area (TPSA) is 279 Å². The number of hydrogen-bond acceptors (Lipinski definition) is 13. The fourth-order valence-corrected chi connectivity index (χ4v) is 17.3. The molecule has 3 heterocycles. The van der Waals surface area contributed by atoms with E-state index in [9.17, 15) is 41.9 Å². The number of carbonyl (C=O) groups excluding carboxylic acids is 12. The number of carbonyl (C=O) groups is 12. The van der Waals surface area contributed by atoms with Gasteiger partial charge >= 0.3 is 12.4 Å². The first kappa shape index (κ1) is 88.1. The van der Waals surface area contributed by atoms with Crippen molar-refractivity contribution in [2.24, 2.45) is 35.0 Å². The second-order valence-corrected chi connectivity index (χ2v) is 32.3. The van der Waals surface area contributed by atoms with E-state index in [2.05, 4.69) is 22.9 Å². The second kappa shape index (κ2) is 37.6. The molecule has 12 amide bonds. The van der Waals surface area contributed by atoms with Crippen molar-refractivity contribution in [2.45, 2.75) is 261 Å². The molecule has 2 saturated heterocycles. The Bertz CT molecular complexity index is 3160. The van der Waals surface area contributed by atoms with Gasteiger partial charge in [-0.1, -0.05) is 98.6 Å². The first-order valence-electron chi connectivity index (χ1n) is 37.8. The highest BCUT2D eigenvalue weighted by Crippen LogP contribution is 2.50. The van der Waals surface area contributed by atoms with Crippen LogP contribution in [0.2, 0.25) is 0 Å². The minimum atomic E-state index is -5.17. The molecule has 3 saturated carbocycles. The normalized spacial score (nSPS) is 30.9. The summed E-state index contributed by atoms with van der Waals surface area (Å²) in [4.78, 5) is 190. The number of halogens is 7. The van der Waals surface area contributed by atoms with E-state index in [1.54, 1.807) is 47.6 Å². The molecule has 1 spiro atoms. The third kappa shape index (κ3) is 22.2. The second-order valence-electron chi connectivity index (χ2n) is 31.8. The number of amides is 12. The van der Waals surface area contributed by atoms with E-state index < -0.39 is 198 Å². The Morgan fingerprint density at radius 1 is 0.660 bits per heavy atom. The third-order valence-corrected chi connectivity index (χ3v) is 23.4. The number of alkyl halides is 7. The van der Waals surface area contributed by atoms with Crippen LogP contribution in [0.4, 0.5) is 26.3 Å². The van der Waals surface area contributed by atoms with Gasteiger partial charge in [0, 0.05) is 87.9 Å². The van der Waals surface area contributed by atoms with Gasteiger partial charge in [0.1, 0.15) is 53.9 Å². The monoisotopic (exact) mass is 1530 g/mol. The van der Waals surface area contributed by atoms with Gasteiger partial charge in [0.2, 0.25) is 70.9 Å². The number of hydrogen-bond donors (Lipinski definition) is 3. The average Bonchev–Trinajstić information content (AvgIpc) is 0.855. The maximum absolute atomic E-state index is 15.6. The van der Waals surface area contributed by atoms with Crippen molar-refractivity contribution in [2.75, 3.05) is 89.2 Å². The van der Waals surface area contributed by atoms with Gasteiger partial charge in [-0.3, -0.25) is 57.5 Å². The minimum absolute atomic E-state index is 0.00609. The SMILES string of the molecule is CCC[C@H]1C(=O)N[C@@H](C(CC)CC)C(=O)N(C)CC(=O)N(C)[C@H]2C/C=C\CCN(C2=O)[C@@H](CC2CCC(C)CC2)C(=O)N(C)CC(=O)N[C@@H](CCC2CCC(C(F)(F)F)C(Cl)C2)C(=O)N2C[C@H](OCC)C[C@H]2C(=O)NC2(CC(C)(C)C2)C(=O)N(C)[C@@H](CC(F)(F)F)C(=O)N(C)[C@H](C(=O)N(C)C)CC(=O)N1C. The molecule has 3 N–H and O–H groups in total. The van der Waals surface area contributed by atoms with E-state index >= 15 is 41.9 Å². The van der Waals surface area contributed by atoms with Gasteiger partial charge in [-0.05, 0) is 107 Å². The molecular formula is C74H117ClF6N12O13. The maximum atomic E-state index is 15.6. The molecule has 6 aliphatic rings. The number of nitrogens with zero attached hydrogens (tertiary/aromatic N) is 9. The Labute approximate surface area is 625 Å². The minimum Gasteiger partial charge on any atom is -0.377 e. The summed E-state index contributed by atoms with van der Waals surface area (Å²) in [7, 11) is 9.92. The van der Waals surface area contributed by atoms with Crippen molar-refractivity contribution >= 4 is 82.5 Å². The fraction of sp³-hybridized carbons (Fsp3) is 0.811. The highest BCUT2D eigenvalue weighted by Gasteiger charge is 2.60. The van der Waals surface area contributed by atoms with E-state index in [-0.39, 0.29) is 103 Å². The molecule has 5 fully saturated rings. The van der Waals surface area contributed by atoms with Crippen molar-refractivity contribution < 1.29 is 88.6 Å². The van der Waals surface area contributed by atoms with Crippen molar-refractivity contribution in [3.8, 4) is 0 Å². The van der Waals surface area contributed by atoms with Crippen LogP contribution in [-0.4, -0.2) is 282 Å². The van der Waals surface area contributed by atoms with Crippen LogP contribution in [0.25, 0.3) is 0 Å². The number of likely N-dealkylation sites (N-methyl/N-ethyl adjacent to an activating group) is 7. The molecule has 106 heavy (non-hydrogen) atoms. The number of rotatable bonds is 14. The Morgan fingerprint density at radius 2 is 1.28 bits per heavy atom. The summed E-state index contributed by atoms with van der Waals surface area (Å²) in [5.41, 5.74) is -2.81. The van der Waals surface area contributed by atoms with Gasteiger partial charge in [0.05, 0.1) is 38.0 Å². The van der Waals surface area contributed by atoms with Crippen LogP contribution in [0.1, 0.15) is 183 Å². The lowest BCUT2D eigenvalue weighted by atomic mass is 9.58. The Hall–Kier alpha value is -6.79. The Morgan fingerprint density at radius 3 is 1.85 bits per heavy atom. The van der Waals surface area contributed by atoms with Crippen molar-refractivity contribution in [3.63, 3.8) is 0 Å². The summed E-state index contributed by atoms with van der Waals surface area (Å²) in [6.07, 6.45) is -6.34. The van der Waals surface area contributed by atoms with Crippen molar-refractivity contribution in [3.05, 3.63) is 12.2 Å². The average molecular weight is 1530 g/mol. The zero-order chi connectivity index (χ0) is 79.4. The highest BCUT2D eigenvalue weighted by molar-refractivity contribution is 6.21. The van der Waals surface area contributed by atoms with Crippen LogP contribution in [0.3, 0.4) is 0 Å². The van der Waals surface area contributed by atoms with Gasteiger partial charge < -0.3 is 64.8 Å². The predicted octanol–water partition coefficient (Wildman–Crippen LogP) is 6.67. The lowest BCUT2D eigenvalue weighted by molar-refractivity contribution is -0.182. The smallest absolute Gasteiger partial charge is 0.377 e. The summed E-state index contributed by atoms with van der Waals surface area (Å²) >= 11 is 6.42. The zero-order valence-corrected chi connectivity index (χ0v) is 65.4. The van der Waals surface area contributed by atoms with Gasteiger partial charge in [-0.15, -0.1) is 11.6 Å². The van der Waals surface area contributed by atoms with E-state index in [1.165, 1.54) is 52.1 Å². The van der Waals surface area contributed by atoms with E-state index in [1.807, 2.05) is 6.08 Å². The molecular weight excluding hydrogens is 1410 g/mol.